The molecule has 15 heavy (non-hydrogen) atoms. The first-order chi connectivity index (χ1) is 7.05. The fraction of sp³-hybridized carbons (Fsp3) is 0.625. The summed E-state index contributed by atoms with van der Waals surface area (Å²) in [5.74, 6) is 0.546. The van der Waals surface area contributed by atoms with Crippen LogP contribution in [-0.2, 0) is 14.8 Å². The lowest BCUT2D eigenvalue weighted by molar-refractivity contribution is 0.216. The summed E-state index contributed by atoms with van der Waals surface area (Å²) < 4.78 is 30.1. The number of H-pyrrole nitrogens is 1. The van der Waals surface area contributed by atoms with Gasteiger partial charge in [-0.1, -0.05) is 0 Å². The smallest absolute Gasteiger partial charge is 0.214 e. The maximum atomic E-state index is 11.5. The lowest BCUT2D eigenvalue weighted by atomic mass is 10.3. The first kappa shape index (κ1) is 12.2. The first-order valence-corrected chi connectivity index (χ1v) is 6.18. The minimum absolute atomic E-state index is 0.0471. The number of rotatable bonds is 6. The minimum Gasteiger partial charge on any atom is -0.384 e. The van der Waals surface area contributed by atoms with Crippen molar-refractivity contribution in [3.05, 3.63) is 18.2 Å². The zero-order valence-corrected chi connectivity index (χ0v) is 9.54. The van der Waals surface area contributed by atoms with Crippen molar-refractivity contribution in [3.63, 3.8) is 0 Å². The molecule has 0 aliphatic carbocycles. The Kier molecular flexibility index (Phi) is 4.25. The van der Waals surface area contributed by atoms with Crippen molar-refractivity contribution in [2.24, 2.45) is 0 Å². The standard InChI is InChI=1S/C8H15N3O3S/c1-7(8-9-3-4-10-8)11-15(12,13)6-5-14-2/h3-4,7,11H,5-6H2,1-2H3,(H,9,10). The summed E-state index contributed by atoms with van der Waals surface area (Å²) >= 11 is 0. The van der Waals surface area contributed by atoms with Crippen molar-refractivity contribution in [1.29, 1.82) is 0 Å². The molecule has 1 unspecified atom stereocenters. The molecule has 0 saturated heterocycles. The molecule has 1 aromatic heterocycles. The van der Waals surface area contributed by atoms with E-state index in [1.807, 2.05) is 0 Å². The predicted molar refractivity (Wildman–Crippen MR) is 55.8 cm³/mol. The third kappa shape index (κ3) is 3.98. The second-order valence-electron chi connectivity index (χ2n) is 3.13. The topological polar surface area (TPSA) is 84.1 Å². The number of imidazole rings is 1. The second-order valence-corrected chi connectivity index (χ2v) is 5.00. The van der Waals surface area contributed by atoms with Crippen LogP contribution in [0.4, 0.5) is 0 Å². The summed E-state index contributed by atoms with van der Waals surface area (Å²) in [6.07, 6.45) is 3.23. The Bertz CT molecular complexity index is 374. The minimum atomic E-state index is -3.30. The van der Waals surface area contributed by atoms with E-state index in [0.29, 0.717) is 5.82 Å². The van der Waals surface area contributed by atoms with Crippen LogP contribution in [0.2, 0.25) is 0 Å². The Morgan fingerprint density at radius 3 is 2.93 bits per heavy atom. The van der Waals surface area contributed by atoms with Gasteiger partial charge in [0.15, 0.2) is 0 Å². The van der Waals surface area contributed by atoms with Gasteiger partial charge >= 0.3 is 0 Å². The van der Waals surface area contributed by atoms with Crippen LogP contribution in [0.5, 0.6) is 0 Å². The van der Waals surface area contributed by atoms with Gasteiger partial charge in [-0.15, -0.1) is 0 Å². The van der Waals surface area contributed by atoms with E-state index in [4.69, 9.17) is 4.74 Å². The molecular weight excluding hydrogens is 218 g/mol. The van der Waals surface area contributed by atoms with Gasteiger partial charge in [-0.25, -0.2) is 18.1 Å². The van der Waals surface area contributed by atoms with Crippen LogP contribution in [-0.4, -0.2) is 37.9 Å². The van der Waals surface area contributed by atoms with Crippen molar-refractivity contribution < 1.29 is 13.2 Å². The zero-order valence-electron chi connectivity index (χ0n) is 8.73. The Morgan fingerprint density at radius 1 is 1.67 bits per heavy atom. The lowest BCUT2D eigenvalue weighted by Gasteiger charge is -2.11. The van der Waals surface area contributed by atoms with Crippen molar-refractivity contribution in [1.82, 2.24) is 14.7 Å². The molecule has 0 aliphatic heterocycles. The van der Waals surface area contributed by atoms with Crippen LogP contribution >= 0.6 is 0 Å². The maximum Gasteiger partial charge on any atom is 0.214 e. The van der Waals surface area contributed by atoms with E-state index >= 15 is 0 Å². The quantitative estimate of drug-likeness (QED) is 0.726. The molecule has 0 aromatic carbocycles. The lowest BCUT2D eigenvalue weighted by Crippen LogP contribution is -2.31. The number of hydrogen-bond donors (Lipinski definition) is 2. The van der Waals surface area contributed by atoms with Gasteiger partial charge in [0.25, 0.3) is 0 Å². The van der Waals surface area contributed by atoms with Gasteiger partial charge in [-0.05, 0) is 6.92 Å². The average molecular weight is 233 g/mol. The van der Waals surface area contributed by atoms with Gasteiger partial charge < -0.3 is 9.72 Å². The van der Waals surface area contributed by atoms with Crippen LogP contribution in [0.3, 0.4) is 0 Å². The maximum absolute atomic E-state index is 11.5. The summed E-state index contributed by atoms with van der Waals surface area (Å²) in [6.45, 7) is 1.91. The Labute approximate surface area is 89.1 Å². The van der Waals surface area contributed by atoms with E-state index in [0.717, 1.165) is 0 Å². The van der Waals surface area contributed by atoms with Gasteiger partial charge in [0.05, 0.1) is 18.4 Å². The van der Waals surface area contributed by atoms with E-state index in [2.05, 4.69) is 14.7 Å². The predicted octanol–water partition coefficient (Wildman–Crippen LogP) is 0.0365. The molecule has 1 atom stereocenters. The molecule has 0 fully saturated rings. The fourth-order valence-corrected chi connectivity index (χ4v) is 2.25. The van der Waals surface area contributed by atoms with Crippen LogP contribution in [0.1, 0.15) is 18.8 Å². The van der Waals surface area contributed by atoms with Crippen LogP contribution in [0.15, 0.2) is 12.4 Å². The highest BCUT2D eigenvalue weighted by Crippen LogP contribution is 2.06. The number of aromatic nitrogens is 2. The van der Waals surface area contributed by atoms with E-state index < -0.39 is 10.0 Å². The molecule has 86 valence electrons. The number of aromatic amines is 1. The highest BCUT2D eigenvalue weighted by Gasteiger charge is 2.16. The molecule has 7 heteroatoms. The highest BCUT2D eigenvalue weighted by atomic mass is 32.2. The number of sulfonamides is 1. The molecule has 2 N–H and O–H groups in total. The normalized spacial score (nSPS) is 14.0. The molecular formula is C8H15N3O3S. The zero-order chi connectivity index (χ0) is 11.3. The Morgan fingerprint density at radius 2 is 2.40 bits per heavy atom. The SMILES string of the molecule is COCCS(=O)(=O)NC(C)c1ncc[nH]1. The summed E-state index contributed by atoms with van der Waals surface area (Å²) in [5.41, 5.74) is 0. The van der Waals surface area contributed by atoms with Gasteiger partial charge in [-0.3, -0.25) is 0 Å². The van der Waals surface area contributed by atoms with E-state index in [-0.39, 0.29) is 18.4 Å². The first-order valence-electron chi connectivity index (χ1n) is 4.53. The van der Waals surface area contributed by atoms with Crippen LogP contribution in [0, 0.1) is 0 Å². The molecule has 0 radical (unpaired) electrons. The molecule has 0 saturated carbocycles. The van der Waals surface area contributed by atoms with E-state index in [9.17, 15) is 8.42 Å². The van der Waals surface area contributed by atoms with Crippen LogP contribution < -0.4 is 4.72 Å². The molecule has 0 aliphatic rings. The molecule has 0 amide bonds. The van der Waals surface area contributed by atoms with Gasteiger partial charge in [0.2, 0.25) is 10.0 Å². The number of hydrogen-bond acceptors (Lipinski definition) is 4. The third-order valence-corrected chi connectivity index (χ3v) is 3.26. The fourth-order valence-electron chi connectivity index (χ4n) is 1.09. The monoisotopic (exact) mass is 233 g/mol. The Balaban J connectivity index is 2.54. The number of methoxy groups -OCH3 is 1. The number of ether oxygens (including phenoxy) is 1. The molecule has 1 aromatic rings. The number of nitrogens with zero attached hydrogens (tertiary/aromatic N) is 1. The van der Waals surface area contributed by atoms with Crippen LogP contribution in [0.25, 0.3) is 0 Å². The average Bonchev–Trinajstić information content (AvgIpc) is 2.67. The summed E-state index contributed by atoms with van der Waals surface area (Å²) in [5, 5.41) is 0. The van der Waals surface area contributed by atoms with Crippen molar-refractivity contribution in [2.75, 3.05) is 19.5 Å². The summed E-state index contributed by atoms with van der Waals surface area (Å²) in [6, 6.07) is -0.359. The second kappa shape index (κ2) is 5.24. The summed E-state index contributed by atoms with van der Waals surface area (Å²) in [7, 11) is -1.84. The van der Waals surface area contributed by atoms with Crippen molar-refractivity contribution >= 4 is 10.0 Å². The molecule has 0 spiro atoms. The van der Waals surface area contributed by atoms with E-state index in [1.54, 1.807) is 19.3 Å². The number of nitrogens with one attached hydrogen (secondary N) is 2. The third-order valence-electron chi connectivity index (χ3n) is 1.84. The highest BCUT2D eigenvalue weighted by molar-refractivity contribution is 7.89. The Hall–Kier alpha value is -0.920. The van der Waals surface area contributed by atoms with Crippen molar-refractivity contribution in [3.8, 4) is 0 Å². The molecule has 1 rings (SSSR count). The van der Waals surface area contributed by atoms with Crippen molar-refractivity contribution in [2.45, 2.75) is 13.0 Å². The molecule has 6 nitrogen and oxygen atoms in total. The van der Waals surface area contributed by atoms with Gasteiger partial charge in [0, 0.05) is 19.5 Å². The molecule has 1 heterocycles. The van der Waals surface area contributed by atoms with E-state index in [1.165, 1.54) is 7.11 Å². The van der Waals surface area contributed by atoms with Gasteiger partial charge in [-0.2, -0.15) is 0 Å². The largest absolute Gasteiger partial charge is 0.384 e. The van der Waals surface area contributed by atoms with Gasteiger partial charge in [0.1, 0.15) is 5.82 Å². The summed E-state index contributed by atoms with van der Waals surface area (Å²) in [4.78, 5) is 6.81. The molecule has 0 bridgehead atoms.